The molecule has 2 aromatic rings. The Bertz CT molecular complexity index is 496. The van der Waals surface area contributed by atoms with Crippen LogP contribution in [0, 0.1) is 5.82 Å². The summed E-state index contributed by atoms with van der Waals surface area (Å²) >= 11 is 1.59. The van der Waals surface area contributed by atoms with Gasteiger partial charge in [0.1, 0.15) is 5.82 Å². The van der Waals surface area contributed by atoms with E-state index in [1.165, 1.54) is 12.1 Å². The smallest absolute Gasteiger partial charge is 0.123 e. The number of thioether (sulfide) groups is 1. The van der Waals surface area contributed by atoms with Gasteiger partial charge in [0.15, 0.2) is 0 Å². The lowest BCUT2D eigenvalue weighted by Crippen LogP contribution is -1.93. The van der Waals surface area contributed by atoms with Gasteiger partial charge in [-0.1, -0.05) is 0 Å². The van der Waals surface area contributed by atoms with Crippen LogP contribution in [0.15, 0.2) is 35.5 Å². The molecule has 0 atom stereocenters. The van der Waals surface area contributed by atoms with Crippen LogP contribution in [0.1, 0.15) is 5.56 Å². The average Bonchev–Trinajstić information content (AvgIpc) is 2.66. The summed E-state index contributed by atoms with van der Waals surface area (Å²) in [6, 6.07) is 4.43. The van der Waals surface area contributed by atoms with Crippen LogP contribution in [0.4, 0.5) is 10.1 Å². The molecule has 0 unspecified atom stereocenters. The van der Waals surface area contributed by atoms with Crippen molar-refractivity contribution in [2.24, 2.45) is 7.05 Å². The highest BCUT2D eigenvalue weighted by molar-refractivity contribution is 7.98. The van der Waals surface area contributed by atoms with Gasteiger partial charge in [-0.25, -0.2) is 4.39 Å². The Morgan fingerprint density at radius 2 is 2.31 bits per heavy atom. The number of aryl methyl sites for hydroxylation is 1. The fraction of sp³-hybridized carbons (Fsp3) is 0.182. The van der Waals surface area contributed by atoms with Gasteiger partial charge in [-0.05, 0) is 23.8 Å². The first kappa shape index (κ1) is 11.0. The predicted octanol–water partition coefficient (Wildman–Crippen LogP) is 2.43. The molecule has 0 radical (unpaired) electrons. The molecule has 2 N–H and O–H groups in total. The number of nitrogen functional groups attached to an aromatic ring is 1. The first-order valence-corrected chi connectivity index (χ1v) is 5.79. The summed E-state index contributed by atoms with van der Waals surface area (Å²) in [6.07, 6.45) is 3.69. The van der Waals surface area contributed by atoms with Crippen molar-refractivity contribution in [3.8, 4) is 0 Å². The molecule has 1 aromatic carbocycles. The largest absolute Gasteiger partial charge is 0.398 e. The van der Waals surface area contributed by atoms with Crippen LogP contribution in [0.2, 0.25) is 0 Å². The van der Waals surface area contributed by atoms with Crippen molar-refractivity contribution in [2.75, 3.05) is 5.73 Å². The molecule has 0 saturated carbocycles. The van der Waals surface area contributed by atoms with Crippen molar-refractivity contribution in [3.63, 3.8) is 0 Å². The van der Waals surface area contributed by atoms with Crippen LogP contribution in [-0.2, 0) is 12.8 Å². The van der Waals surface area contributed by atoms with Crippen molar-refractivity contribution in [2.45, 2.75) is 10.6 Å². The predicted molar refractivity (Wildman–Crippen MR) is 63.6 cm³/mol. The van der Waals surface area contributed by atoms with E-state index in [1.807, 2.05) is 13.2 Å². The van der Waals surface area contributed by atoms with Gasteiger partial charge in [0, 0.05) is 29.6 Å². The number of hydrogen-bond donors (Lipinski definition) is 1. The van der Waals surface area contributed by atoms with Crippen LogP contribution in [0.3, 0.4) is 0 Å². The summed E-state index contributed by atoms with van der Waals surface area (Å²) in [6.45, 7) is 0. The number of benzene rings is 1. The Hall–Kier alpha value is -1.49. The van der Waals surface area contributed by atoms with Crippen LogP contribution in [0.25, 0.3) is 0 Å². The Morgan fingerprint density at radius 3 is 3.00 bits per heavy atom. The van der Waals surface area contributed by atoms with E-state index in [2.05, 4.69) is 5.10 Å². The fourth-order valence-corrected chi connectivity index (χ4v) is 2.25. The molecule has 2 rings (SSSR count). The van der Waals surface area contributed by atoms with E-state index < -0.39 is 0 Å². The van der Waals surface area contributed by atoms with Gasteiger partial charge in [0.25, 0.3) is 0 Å². The summed E-state index contributed by atoms with van der Waals surface area (Å²) in [7, 11) is 1.86. The molecule has 0 bridgehead atoms. The monoisotopic (exact) mass is 237 g/mol. The van der Waals surface area contributed by atoms with Gasteiger partial charge in [0.2, 0.25) is 0 Å². The number of anilines is 1. The highest BCUT2D eigenvalue weighted by Gasteiger charge is 2.03. The van der Waals surface area contributed by atoms with E-state index in [9.17, 15) is 4.39 Å². The summed E-state index contributed by atoms with van der Waals surface area (Å²) in [5, 5.41) is 4.06. The van der Waals surface area contributed by atoms with Crippen LogP contribution < -0.4 is 5.73 Å². The van der Waals surface area contributed by atoms with E-state index in [1.54, 1.807) is 28.7 Å². The highest BCUT2D eigenvalue weighted by atomic mass is 32.2. The summed E-state index contributed by atoms with van der Waals surface area (Å²) < 4.78 is 14.7. The minimum atomic E-state index is -0.254. The Balaban J connectivity index is 2.07. The highest BCUT2D eigenvalue weighted by Crippen LogP contribution is 2.25. The van der Waals surface area contributed by atoms with Crippen LogP contribution in [-0.4, -0.2) is 9.78 Å². The van der Waals surface area contributed by atoms with Crippen molar-refractivity contribution >= 4 is 17.4 Å². The number of nitrogens with two attached hydrogens (primary N) is 1. The van der Waals surface area contributed by atoms with E-state index in [4.69, 9.17) is 5.73 Å². The van der Waals surface area contributed by atoms with E-state index >= 15 is 0 Å². The van der Waals surface area contributed by atoms with E-state index in [0.29, 0.717) is 11.4 Å². The Labute approximate surface area is 97.5 Å². The molecule has 0 aliphatic rings. The summed E-state index contributed by atoms with van der Waals surface area (Å²) in [5.41, 5.74) is 7.19. The molecule has 0 amide bonds. The molecular weight excluding hydrogens is 225 g/mol. The lowest BCUT2D eigenvalue weighted by Gasteiger charge is -2.04. The number of aromatic nitrogens is 2. The third kappa shape index (κ3) is 2.55. The molecule has 0 fully saturated rings. The van der Waals surface area contributed by atoms with Crippen LogP contribution >= 0.6 is 11.8 Å². The fourth-order valence-electron chi connectivity index (χ4n) is 1.33. The molecule has 1 heterocycles. The van der Waals surface area contributed by atoms with Crippen molar-refractivity contribution in [1.29, 1.82) is 0 Å². The Morgan fingerprint density at radius 1 is 1.50 bits per heavy atom. The second-order valence-corrected chi connectivity index (χ2v) is 4.53. The number of hydrogen-bond acceptors (Lipinski definition) is 3. The molecule has 0 saturated heterocycles. The normalized spacial score (nSPS) is 10.6. The zero-order valence-electron chi connectivity index (χ0n) is 8.85. The van der Waals surface area contributed by atoms with Gasteiger partial charge in [-0.2, -0.15) is 5.10 Å². The Kier molecular flexibility index (Phi) is 3.14. The van der Waals surface area contributed by atoms with Crippen LogP contribution in [0.5, 0.6) is 0 Å². The van der Waals surface area contributed by atoms with Gasteiger partial charge in [-0.15, -0.1) is 11.8 Å². The maximum atomic E-state index is 13.0. The third-order valence-electron chi connectivity index (χ3n) is 2.18. The lowest BCUT2D eigenvalue weighted by molar-refractivity contribution is 0.627. The molecular formula is C11H12FN3S. The first-order valence-electron chi connectivity index (χ1n) is 4.80. The van der Waals surface area contributed by atoms with Gasteiger partial charge in [0.05, 0.1) is 6.20 Å². The summed E-state index contributed by atoms with van der Waals surface area (Å²) in [4.78, 5) is 1.05. The van der Waals surface area contributed by atoms with Gasteiger partial charge < -0.3 is 5.73 Å². The summed E-state index contributed by atoms with van der Waals surface area (Å²) in [5.74, 6) is 0.394. The number of nitrogens with zero attached hydrogens (tertiary/aromatic N) is 2. The number of rotatable bonds is 3. The molecule has 3 nitrogen and oxygen atoms in total. The molecule has 0 aliphatic carbocycles. The van der Waals surface area contributed by atoms with Gasteiger partial charge >= 0.3 is 0 Å². The quantitative estimate of drug-likeness (QED) is 0.658. The lowest BCUT2D eigenvalue weighted by atomic mass is 10.2. The third-order valence-corrected chi connectivity index (χ3v) is 3.18. The molecule has 0 aliphatic heterocycles. The minimum absolute atomic E-state index is 0.254. The van der Waals surface area contributed by atoms with E-state index in [-0.39, 0.29) is 5.82 Å². The van der Waals surface area contributed by atoms with Crippen molar-refractivity contribution in [3.05, 3.63) is 42.0 Å². The van der Waals surface area contributed by atoms with Gasteiger partial charge in [-0.3, -0.25) is 4.68 Å². The second-order valence-electron chi connectivity index (χ2n) is 3.48. The molecule has 5 heteroatoms. The SMILES string of the molecule is Cn1cc(SCc2cc(F)ccc2N)cn1. The van der Waals surface area contributed by atoms with E-state index in [0.717, 1.165) is 10.5 Å². The second kappa shape index (κ2) is 4.57. The standard InChI is InChI=1S/C11H12FN3S/c1-15-6-10(5-14-15)16-7-8-4-9(12)2-3-11(8)13/h2-6H,7,13H2,1H3. The molecule has 84 valence electrons. The maximum absolute atomic E-state index is 13.0. The minimum Gasteiger partial charge on any atom is -0.398 e. The molecule has 0 spiro atoms. The maximum Gasteiger partial charge on any atom is 0.123 e. The first-order chi connectivity index (χ1) is 7.65. The van der Waals surface area contributed by atoms with Crippen molar-refractivity contribution in [1.82, 2.24) is 9.78 Å². The van der Waals surface area contributed by atoms with Crippen molar-refractivity contribution < 1.29 is 4.39 Å². The number of halogens is 1. The molecule has 16 heavy (non-hydrogen) atoms. The average molecular weight is 237 g/mol. The molecule has 1 aromatic heterocycles. The topological polar surface area (TPSA) is 43.8 Å². The zero-order chi connectivity index (χ0) is 11.5. The zero-order valence-corrected chi connectivity index (χ0v) is 9.67.